The lowest BCUT2D eigenvalue weighted by Crippen LogP contribution is -2.00. The standard InChI is InChI=1S/C12H10FNO2/c13-9-3-1-2-8(6-9)12(15)11-5-4-10(7-14)16-11/h1-6H,7,14H2. The van der Waals surface area contributed by atoms with Gasteiger partial charge in [-0.05, 0) is 24.3 Å². The molecule has 0 radical (unpaired) electrons. The minimum atomic E-state index is -0.448. The number of halogens is 1. The molecule has 0 saturated carbocycles. The predicted molar refractivity (Wildman–Crippen MR) is 56.4 cm³/mol. The minimum absolute atomic E-state index is 0.172. The van der Waals surface area contributed by atoms with Crippen LogP contribution in [0.25, 0.3) is 0 Å². The summed E-state index contributed by atoms with van der Waals surface area (Å²) >= 11 is 0. The largest absolute Gasteiger partial charge is 0.456 e. The summed E-state index contributed by atoms with van der Waals surface area (Å²) in [5.74, 6) is -0.0959. The number of carbonyl (C=O) groups is 1. The van der Waals surface area contributed by atoms with Gasteiger partial charge in [0.1, 0.15) is 11.6 Å². The average molecular weight is 219 g/mol. The fraction of sp³-hybridized carbons (Fsp3) is 0.0833. The van der Waals surface area contributed by atoms with Crippen LogP contribution in [-0.2, 0) is 6.54 Å². The lowest BCUT2D eigenvalue weighted by molar-refractivity contribution is 0.101. The third kappa shape index (κ3) is 2.01. The maximum absolute atomic E-state index is 12.9. The Morgan fingerprint density at radius 2 is 2.12 bits per heavy atom. The molecular formula is C12H10FNO2. The SMILES string of the molecule is NCc1ccc(C(=O)c2cccc(F)c2)o1. The molecule has 0 unspecified atom stereocenters. The van der Waals surface area contributed by atoms with Crippen LogP contribution in [0.4, 0.5) is 4.39 Å². The van der Waals surface area contributed by atoms with Gasteiger partial charge in [0.05, 0.1) is 6.54 Å². The van der Waals surface area contributed by atoms with Crippen LogP contribution < -0.4 is 5.73 Å². The Morgan fingerprint density at radius 1 is 1.31 bits per heavy atom. The van der Waals surface area contributed by atoms with Crippen molar-refractivity contribution in [1.29, 1.82) is 0 Å². The van der Waals surface area contributed by atoms with E-state index in [0.29, 0.717) is 5.76 Å². The molecule has 0 fully saturated rings. The van der Waals surface area contributed by atoms with E-state index in [1.165, 1.54) is 30.3 Å². The number of furan rings is 1. The van der Waals surface area contributed by atoms with E-state index in [1.54, 1.807) is 6.07 Å². The third-order valence-electron chi connectivity index (χ3n) is 2.17. The molecule has 2 aromatic rings. The molecule has 1 aromatic carbocycles. The molecule has 1 heterocycles. The van der Waals surface area contributed by atoms with E-state index >= 15 is 0 Å². The lowest BCUT2D eigenvalue weighted by atomic mass is 10.1. The fourth-order valence-electron chi connectivity index (χ4n) is 1.38. The van der Waals surface area contributed by atoms with Crippen LogP contribution in [0.2, 0.25) is 0 Å². The Kier molecular flexibility index (Phi) is 2.83. The second-order valence-electron chi connectivity index (χ2n) is 3.31. The second kappa shape index (κ2) is 4.28. The van der Waals surface area contributed by atoms with Gasteiger partial charge in [0.15, 0.2) is 5.76 Å². The second-order valence-corrected chi connectivity index (χ2v) is 3.31. The van der Waals surface area contributed by atoms with Gasteiger partial charge in [-0.15, -0.1) is 0 Å². The van der Waals surface area contributed by atoms with E-state index in [1.807, 2.05) is 0 Å². The molecule has 0 aliphatic rings. The summed E-state index contributed by atoms with van der Waals surface area (Å²) in [7, 11) is 0. The first-order valence-corrected chi connectivity index (χ1v) is 4.80. The van der Waals surface area contributed by atoms with Gasteiger partial charge in [-0.1, -0.05) is 12.1 Å². The summed E-state index contributed by atoms with van der Waals surface area (Å²) in [6, 6.07) is 8.64. The van der Waals surface area contributed by atoms with E-state index in [2.05, 4.69) is 0 Å². The van der Waals surface area contributed by atoms with Crippen molar-refractivity contribution in [3.63, 3.8) is 0 Å². The number of hydrogen-bond donors (Lipinski definition) is 1. The number of carbonyl (C=O) groups excluding carboxylic acids is 1. The molecule has 82 valence electrons. The Bertz CT molecular complexity index is 519. The van der Waals surface area contributed by atoms with E-state index in [9.17, 15) is 9.18 Å². The number of rotatable bonds is 3. The highest BCUT2D eigenvalue weighted by atomic mass is 19.1. The van der Waals surface area contributed by atoms with Crippen molar-refractivity contribution in [3.8, 4) is 0 Å². The lowest BCUT2D eigenvalue weighted by Gasteiger charge is -1.97. The van der Waals surface area contributed by atoms with Gasteiger partial charge in [-0.3, -0.25) is 4.79 Å². The first-order valence-electron chi connectivity index (χ1n) is 4.80. The zero-order chi connectivity index (χ0) is 11.5. The van der Waals surface area contributed by atoms with Gasteiger partial charge >= 0.3 is 0 Å². The van der Waals surface area contributed by atoms with Crippen LogP contribution in [-0.4, -0.2) is 5.78 Å². The molecule has 0 atom stereocenters. The molecule has 2 rings (SSSR count). The van der Waals surface area contributed by atoms with E-state index in [-0.39, 0.29) is 23.7 Å². The molecule has 2 N–H and O–H groups in total. The van der Waals surface area contributed by atoms with Crippen LogP contribution in [0.5, 0.6) is 0 Å². The zero-order valence-corrected chi connectivity index (χ0v) is 8.44. The van der Waals surface area contributed by atoms with Gasteiger partial charge in [0, 0.05) is 5.56 Å². The van der Waals surface area contributed by atoms with Crippen molar-refractivity contribution in [1.82, 2.24) is 0 Å². The average Bonchev–Trinajstić information content (AvgIpc) is 2.76. The van der Waals surface area contributed by atoms with Gasteiger partial charge in [-0.2, -0.15) is 0 Å². The zero-order valence-electron chi connectivity index (χ0n) is 8.44. The van der Waals surface area contributed by atoms with Crippen LogP contribution >= 0.6 is 0 Å². The van der Waals surface area contributed by atoms with E-state index < -0.39 is 5.82 Å². The molecule has 16 heavy (non-hydrogen) atoms. The molecule has 0 spiro atoms. The van der Waals surface area contributed by atoms with E-state index in [0.717, 1.165) is 0 Å². The summed E-state index contributed by atoms with van der Waals surface area (Å²) in [5, 5.41) is 0. The van der Waals surface area contributed by atoms with E-state index in [4.69, 9.17) is 10.2 Å². The van der Waals surface area contributed by atoms with Crippen LogP contribution in [0, 0.1) is 5.82 Å². The number of benzene rings is 1. The summed E-state index contributed by atoms with van der Waals surface area (Å²) in [5.41, 5.74) is 5.62. The molecule has 0 bridgehead atoms. The monoisotopic (exact) mass is 219 g/mol. The molecule has 1 aromatic heterocycles. The summed E-state index contributed by atoms with van der Waals surface area (Å²) in [6.07, 6.45) is 0. The van der Waals surface area contributed by atoms with Gasteiger partial charge in [-0.25, -0.2) is 4.39 Å². The summed E-state index contributed by atoms with van der Waals surface area (Å²) in [6.45, 7) is 0.233. The molecular weight excluding hydrogens is 209 g/mol. The Balaban J connectivity index is 2.31. The van der Waals surface area contributed by atoms with Gasteiger partial charge in [0.25, 0.3) is 0 Å². The maximum atomic E-state index is 12.9. The first kappa shape index (κ1) is 10.6. The Labute approximate surface area is 91.7 Å². The summed E-state index contributed by atoms with van der Waals surface area (Å²) in [4.78, 5) is 11.8. The quantitative estimate of drug-likeness (QED) is 0.804. The fourth-order valence-corrected chi connectivity index (χ4v) is 1.38. The van der Waals surface area contributed by atoms with Crippen molar-refractivity contribution in [2.45, 2.75) is 6.54 Å². The molecule has 0 saturated heterocycles. The highest BCUT2D eigenvalue weighted by Crippen LogP contribution is 2.14. The molecule has 0 aliphatic carbocycles. The highest BCUT2D eigenvalue weighted by Gasteiger charge is 2.13. The van der Waals surface area contributed by atoms with Gasteiger partial charge < -0.3 is 10.2 Å². The molecule has 4 heteroatoms. The Hall–Kier alpha value is -1.94. The minimum Gasteiger partial charge on any atom is -0.456 e. The van der Waals surface area contributed by atoms with Crippen molar-refractivity contribution in [2.24, 2.45) is 5.73 Å². The van der Waals surface area contributed by atoms with Crippen molar-refractivity contribution >= 4 is 5.78 Å². The molecule has 3 nitrogen and oxygen atoms in total. The maximum Gasteiger partial charge on any atom is 0.228 e. The molecule has 0 amide bonds. The Morgan fingerprint density at radius 3 is 2.75 bits per heavy atom. The normalized spacial score (nSPS) is 10.4. The molecule has 0 aliphatic heterocycles. The van der Waals surface area contributed by atoms with Gasteiger partial charge in [0.2, 0.25) is 5.78 Å². The van der Waals surface area contributed by atoms with Crippen molar-refractivity contribution < 1.29 is 13.6 Å². The van der Waals surface area contributed by atoms with Crippen LogP contribution in [0.15, 0.2) is 40.8 Å². The van der Waals surface area contributed by atoms with Crippen LogP contribution in [0.3, 0.4) is 0 Å². The first-order chi connectivity index (χ1) is 7.70. The number of hydrogen-bond acceptors (Lipinski definition) is 3. The van der Waals surface area contributed by atoms with Crippen LogP contribution in [0.1, 0.15) is 21.9 Å². The summed E-state index contributed by atoms with van der Waals surface area (Å²) < 4.78 is 18.1. The smallest absolute Gasteiger partial charge is 0.228 e. The predicted octanol–water partition coefficient (Wildman–Crippen LogP) is 2.11. The van der Waals surface area contributed by atoms with Crippen molar-refractivity contribution in [2.75, 3.05) is 0 Å². The number of ketones is 1. The highest BCUT2D eigenvalue weighted by molar-refractivity contribution is 6.07. The topological polar surface area (TPSA) is 56.2 Å². The third-order valence-corrected chi connectivity index (χ3v) is 2.17. The van der Waals surface area contributed by atoms with Crippen molar-refractivity contribution in [3.05, 3.63) is 59.3 Å². The number of nitrogens with two attached hydrogens (primary N) is 1.